The van der Waals surface area contributed by atoms with Crippen molar-refractivity contribution >= 4 is 21.9 Å². The molecule has 0 amide bonds. The van der Waals surface area contributed by atoms with E-state index in [1.54, 1.807) is 6.20 Å². The van der Waals surface area contributed by atoms with Crippen LogP contribution in [0.2, 0.25) is 0 Å². The van der Waals surface area contributed by atoms with E-state index in [2.05, 4.69) is 20.9 Å². The number of ether oxygens (including phenoxy) is 1. The van der Waals surface area contributed by atoms with Crippen LogP contribution in [-0.2, 0) is 15.1 Å². The summed E-state index contributed by atoms with van der Waals surface area (Å²) in [5.74, 6) is -0.0353. The summed E-state index contributed by atoms with van der Waals surface area (Å²) in [6.07, 6.45) is 4.85. The Kier molecular flexibility index (Phi) is 4.81. The van der Waals surface area contributed by atoms with Crippen molar-refractivity contribution in [3.8, 4) is 0 Å². The van der Waals surface area contributed by atoms with Crippen molar-refractivity contribution in [2.45, 2.75) is 38.2 Å². The van der Waals surface area contributed by atoms with Crippen LogP contribution in [0.25, 0.3) is 0 Å². The normalized spacial score (nSPS) is 25.8. The fourth-order valence-corrected chi connectivity index (χ4v) is 3.18. The Hall–Kier alpha value is -0.940. The number of rotatable bonds is 3. The number of carbonyl (C=O) groups is 1. The first-order valence-electron chi connectivity index (χ1n) is 6.87. The van der Waals surface area contributed by atoms with Gasteiger partial charge in [0.05, 0.1) is 18.7 Å². The quantitative estimate of drug-likeness (QED) is 0.858. The average Bonchev–Trinajstić information content (AvgIpc) is 2.47. The second-order valence-corrected chi connectivity index (χ2v) is 6.50. The van der Waals surface area contributed by atoms with Gasteiger partial charge in [-0.3, -0.25) is 9.78 Å². The number of aromatic nitrogens is 1. The van der Waals surface area contributed by atoms with Crippen LogP contribution in [0.5, 0.6) is 0 Å². The standard InChI is InChI=1S/C15H20BrNO3/c1-15(19,13-8-7-12(16)9-17-13)11-5-3-10(4-6-11)14(18)20-2/h7-11,19H,3-6H2,1-2H3/t10-,11-,15?. The number of methoxy groups -OCH3 is 1. The van der Waals surface area contributed by atoms with Gasteiger partial charge in [0.25, 0.3) is 0 Å². The number of halogens is 1. The summed E-state index contributed by atoms with van der Waals surface area (Å²) in [5, 5.41) is 10.8. The van der Waals surface area contributed by atoms with E-state index in [0.29, 0.717) is 5.69 Å². The molecule has 0 aliphatic heterocycles. The SMILES string of the molecule is COC(=O)[C@H]1CC[C@H](C(C)(O)c2ccc(Br)cn2)CC1. The zero-order valence-corrected chi connectivity index (χ0v) is 13.4. The molecule has 0 aromatic carbocycles. The maximum atomic E-state index is 11.5. The predicted molar refractivity (Wildman–Crippen MR) is 79.0 cm³/mol. The predicted octanol–water partition coefficient (Wildman–Crippen LogP) is 3.03. The third-order valence-corrected chi connectivity index (χ3v) is 4.77. The molecule has 1 heterocycles. The zero-order valence-electron chi connectivity index (χ0n) is 11.8. The molecule has 1 fully saturated rings. The number of pyridine rings is 1. The van der Waals surface area contributed by atoms with Gasteiger partial charge < -0.3 is 9.84 Å². The van der Waals surface area contributed by atoms with Crippen LogP contribution in [0.15, 0.2) is 22.8 Å². The van der Waals surface area contributed by atoms with Crippen molar-refractivity contribution in [3.05, 3.63) is 28.5 Å². The fourth-order valence-electron chi connectivity index (χ4n) is 2.94. The van der Waals surface area contributed by atoms with Gasteiger partial charge in [-0.2, -0.15) is 0 Å². The van der Waals surface area contributed by atoms with Gasteiger partial charge in [0.1, 0.15) is 5.60 Å². The number of hydrogen-bond acceptors (Lipinski definition) is 4. The molecule has 0 spiro atoms. The van der Waals surface area contributed by atoms with Gasteiger partial charge in [-0.25, -0.2) is 0 Å². The van der Waals surface area contributed by atoms with Crippen LogP contribution < -0.4 is 0 Å². The first-order chi connectivity index (χ1) is 9.45. The summed E-state index contributed by atoms with van der Waals surface area (Å²) >= 11 is 3.34. The molecule has 2 rings (SSSR count). The van der Waals surface area contributed by atoms with Crippen LogP contribution in [0.4, 0.5) is 0 Å². The number of carbonyl (C=O) groups excluding carboxylic acids is 1. The Balaban J connectivity index is 2.05. The smallest absolute Gasteiger partial charge is 0.308 e. The van der Waals surface area contributed by atoms with Crippen LogP contribution in [0.1, 0.15) is 38.3 Å². The molecule has 0 radical (unpaired) electrons. The Morgan fingerprint density at radius 2 is 2.05 bits per heavy atom. The van der Waals surface area contributed by atoms with Crippen molar-refractivity contribution in [2.24, 2.45) is 11.8 Å². The topological polar surface area (TPSA) is 59.4 Å². The monoisotopic (exact) mass is 341 g/mol. The molecule has 4 nitrogen and oxygen atoms in total. The van der Waals surface area contributed by atoms with Gasteiger partial charge in [0, 0.05) is 10.7 Å². The van der Waals surface area contributed by atoms with Crippen molar-refractivity contribution in [2.75, 3.05) is 7.11 Å². The Morgan fingerprint density at radius 3 is 2.55 bits per heavy atom. The van der Waals surface area contributed by atoms with E-state index in [1.165, 1.54) is 7.11 Å². The molecule has 1 aromatic heterocycles. The minimum atomic E-state index is -0.957. The van der Waals surface area contributed by atoms with Gasteiger partial charge in [-0.15, -0.1) is 0 Å². The summed E-state index contributed by atoms with van der Waals surface area (Å²) in [5.41, 5.74) is -0.274. The fraction of sp³-hybridized carbons (Fsp3) is 0.600. The summed E-state index contributed by atoms with van der Waals surface area (Å²) in [4.78, 5) is 15.8. The van der Waals surface area contributed by atoms with E-state index in [-0.39, 0.29) is 17.8 Å². The van der Waals surface area contributed by atoms with E-state index < -0.39 is 5.60 Å². The molecule has 1 N–H and O–H groups in total. The van der Waals surface area contributed by atoms with Gasteiger partial charge in [-0.1, -0.05) is 0 Å². The Labute approximate surface area is 127 Å². The summed E-state index contributed by atoms with van der Waals surface area (Å²) in [7, 11) is 1.43. The molecule has 1 aromatic rings. The number of hydrogen-bond donors (Lipinski definition) is 1. The Morgan fingerprint density at radius 1 is 1.40 bits per heavy atom. The van der Waals surface area contributed by atoms with E-state index in [0.717, 1.165) is 30.2 Å². The van der Waals surface area contributed by atoms with Crippen LogP contribution in [0, 0.1) is 11.8 Å². The average molecular weight is 342 g/mol. The molecule has 1 aliphatic rings. The molecule has 1 atom stereocenters. The third kappa shape index (κ3) is 3.20. The largest absolute Gasteiger partial charge is 0.469 e. The van der Waals surface area contributed by atoms with E-state index in [1.807, 2.05) is 19.1 Å². The van der Waals surface area contributed by atoms with Gasteiger partial charge >= 0.3 is 5.97 Å². The third-order valence-electron chi connectivity index (χ3n) is 4.30. The van der Waals surface area contributed by atoms with Crippen LogP contribution in [-0.4, -0.2) is 23.2 Å². The number of esters is 1. The van der Waals surface area contributed by atoms with Gasteiger partial charge in [0.15, 0.2) is 0 Å². The lowest BCUT2D eigenvalue weighted by Gasteiger charge is -2.37. The highest BCUT2D eigenvalue weighted by atomic mass is 79.9. The second kappa shape index (κ2) is 6.22. The van der Waals surface area contributed by atoms with E-state index >= 15 is 0 Å². The maximum absolute atomic E-state index is 11.5. The van der Waals surface area contributed by atoms with E-state index in [4.69, 9.17) is 4.74 Å². The lowest BCUT2D eigenvalue weighted by Crippen LogP contribution is -2.36. The first kappa shape index (κ1) is 15.4. The molecule has 0 bridgehead atoms. The molecular weight excluding hydrogens is 322 g/mol. The van der Waals surface area contributed by atoms with Gasteiger partial charge in [-0.05, 0) is 66.6 Å². The van der Waals surface area contributed by atoms with Crippen molar-refractivity contribution in [1.29, 1.82) is 0 Å². The summed E-state index contributed by atoms with van der Waals surface area (Å²) in [6, 6.07) is 3.73. The molecule has 20 heavy (non-hydrogen) atoms. The molecule has 1 unspecified atom stereocenters. The molecular formula is C15H20BrNO3. The van der Waals surface area contributed by atoms with E-state index in [9.17, 15) is 9.90 Å². The molecule has 0 saturated heterocycles. The number of nitrogens with zero attached hydrogens (tertiary/aromatic N) is 1. The highest BCUT2D eigenvalue weighted by molar-refractivity contribution is 9.10. The lowest BCUT2D eigenvalue weighted by molar-refractivity contribution is -0.148. The Bertz CT molecular complexity index is 465. The van der Waals surface area contributed by atoms with Crippen LogP contribution in [0.3, 0.4) is 0 Å². The summed E-state index contributed by atoms with van der Waals surface area (Å²) in [6.45, 7) is 1.81. The highest BCUT2D eigenvalue weighted by Crippen LogP contribution is 2.40. The molecule has 5 heteroatoms. The second-order valence-electron chi connectivity index (χ2n) is 5.58. The molecule has 1 saturated carbocycles. The first-order valence-corrected chi connectivity index (χ1v) is 7.66. The maximum Gasteiger partial charge on any atom is 0.308 e. The number of aliphatic hydroxyl groups is 1. The zero-order chi connectivity index (χ0) is 14.8. The molecule has 1 aliphatic carbocycles. The molecule has 110 valence electrons. The van der Waals surface area contributed by atoms with Crippen molar-refractivity contribution in [3.63, 3.8) is 0 Å². The van der Waals surface area contributed by atoms with Crippen molar-refractivity contribution < 1.29 is 14.6 Å². The minimum Gasteiger partial charge on any atom is -0.469 e. The minimum absolute atomic E-state index is 0.0232. The van der Waals surface area contributed by atoms with Gasteiger partial charge in [0.2, 0.25) is 0 Å². The summed E-state index contributed by atoms with van der Waals surface area (Å²) < 4.78 is 5.68. The lowest BCUT2D eigenvalue weighted by atomic mass is 9.73. The van der Waals surface area contributed by atoms with Crippen molar-refractivity contribution in [1.82, 2.24) is 4.98 Å². The highest BCUT2D eigenvalue weighted by Gasteiger charge is 2.39. The van der Waals surface area contributed by atoms with Crippen LogP contribution >= 0.6 is 15.9 Å².